The van der Waals surface area contributed by atoms with Crippen LogP contribution in [-0.4, -0.2) is 20.2 Å². The van der Waals surface area contributed by atoms with Crippen LogP contribution >= 0.6 is 11.6 Å². The molecule has 2 aliphatic rings. The van der Waals surface area contributed by atoms with E-state index in [1.54, 1.807) is 17.7 Å². The van der Waals surface area contributed by atoms with Crippen LogP contribution in [0.25, 0.3) is 16.5 Å². The fraction of sp³-hybridized carbons (Fsp3) is 0.333. The van der Waals surface area contributed by atoms with Crippen LogP contribution in [-0.2, 0) is 20.6 Å². The van der Waals surface area contributed by atoms with Crippen molar-refractivity contribution in [1.82, 2.24) is 19.0 Å². The average Bonchev–Trinajstić information content (AvgIpc) is 3.30. The van der Waals surface area contributed by atoms with Crippen molar-refractivity contribution in [1.29, 1.82) is 0 Å². The third-order valence-corrected chi connectivity index (χ3v) is 6.55. The molecule has 166 valence electrons. The second-order valence-electron chi connectivity index (χ2n) is 8.59. The Labute approximate surface area is 189 Å². The summed E-state index contributed by atoms with van der Waals surface area (Å²) in [5, 5.41) is 4.32. The molecule has 0 saturated carbocycles. The molecule has 1 unspecified atom stereocenters. The largest absolute Gasteiger partial charge is 0.448 e. The Kier molecular flexibility index (Phi) is 4.91. The summed E-state index contributed by atoms with van der Waals surface area (Å²) in [7, 11) is 3.24. The van der Waals surface area contributed by atoms with Crippen LogP contribution in [0.3, 0.4) is 0 Å². The lowest BCUT2D eigenvalue weighted by atomic mass is 10.1. The molecule has 3 aromatic rings. The molecule has 0 spiro atoms. The predicted octanol–water partition coefficient (Wildman–Crippen LogP) is 3.66. The lowest BCUT2D eigenvalue weighted by molar-refractivity contribution is 0.396. The number of aryl methyl sites for hydroxylation is 1. The van der Waals surface area contributed by atoms with Gasteiger partial charge in [-0.05, 0) is 49.6 Å². The Hall–Kier alpha value is -3.03. The highest BCUT2D eigenvalue weighted by molar-refractivity contribution is 6.28. The SMILES string of the molecule is CC1=CCC(C)=CC(c2c3c(=O)n(C)c(=O)n(C)c3c3n2CCNC3c2ccc(Cl)o2)=C1. The van der Waals surface area contributed by atoms with Crippen molar-refractivity contribution in [3.63, 3.8) is 0 Å². The molecular formula is C24H25ClN4O3. The molecule has 0 radical (unpaired) electrons. The van der Waals surface area contributed by atoms with Crippen LogP contribution in [0.5, 0.6) is 0 Å². The van der Waals surface area contributed by atoms with Gasteiger partial charge in [0.15, 0.2) is 5.22 Å². The van der Waals surface area contributed by atoms with E-state index in [4.69, 9.17) is 16.0 Å². The summed E-state index contributed by atoms with van der Waals surface area (Å²) in [6.45, 7) is 5.50. The molecule has 5 rings (SSSR count). The average molecular weight is 453 g/mol. The third-order valence-electron chi connectivity index (χ3n) is 6.35. The monoisotopic (exact) mass is 452 g/mol. The topological polar surface area (TPSA) is 74.1 Å². The summed E-state index contributed by atoms with van der Waals surface area (Å²) in [4.78, 5) is 26.4. The summed E-state index contributed by atoms with van der Waals surface area (Å²) in [5.41, 5.74) is 4.96. The van der Waals surface area contributed by atoms with Gasteiger partial charge in [0, 0.05) is 27.2 Å². The van der Waals surface area contributed by atoms with E-state index < -0.39 is 0 Å². The first kappa shape index (κ1) is 20.8. The van der Waals surface area contributed by atoms with Gasteiger partial charge in [0.1, 0.15) is 11.8 Å². The molecule has 1 N–H and O–H groups in total. The summed E-state index contributed by atoms with van der Waals surface area (Å²) < 4.78 is 10.7. The molecule has 0 amide bonds. The molecule has 0 bridgehead atoms. The molecule has 1 atom stereocenters. The van der Waals surface area contributed by atoms with E-state index >= 15 is 0 Å². The minimum atomic E-state index is -0.359. The van der Waals surface area contributed by atoms with Gasteiger partial charge in [-0.2, -0.15) is 0 Å². The molecule has 4 heterocycles. The Balaban J connectivity index is 1.95. The number of furan rings is 1. The summed E-state index contributed by atoms with van der Waals surface area (Å²) in [6, 6.07) is 3.20. The molecule has 1 aliphatic carbocycles. The Morgan fingerprint density at radius 1 is 1.12 bits per heavy atom. The van der Waals surface area contributed by atoms with Crippen molar-refractivity contribution in [2.45, 2.75) is 32.9 Å². The number of hydrogen-bond donors (Lipinski definition) is 1. The Morgan fingerprint density at radius 2 is 1.91 bits per heavy atom. The maximum atomic E-state index is 13.5. The molecule has 7 nitrogen and oxygen atoms in total. The maximum absolute atomic E-state index is 13.5. The quantitative estimate of drug-likeness (QED) is 0.644. The standard InChI is InChI=1S/C24H25ClN4O3/c1-13-5-6-14(2)12-15(11-13)20-18-21(27(3)24(31)28(4)23(18)30)22-19(26-9-10-29(20)22)16-7-8-17(25)32-16/h5,7-8,11-12,19,26H,6,9-10H2,1-4H3. The van der Waals surface area contributed by atoms with E-state index in [2.05, 4.69) is 42.0 Å². The zero-order valence-electron chi connectivity index (χ0n) is 18.5. The number of rotatable bonds is 2. The molecule has 32 heavy (non-hydrogen) atoms. The third kappa shape index (κ3) is 3.07. The van der Waals surface area contributed by atoms with Crippen molar-refractivity contribution < 1.29 is 4.42 Å². The summed E-state index contributed by atoms with van der Waals surface area (Å²) >= 11 is 6.07. The number of aromatic nitrogens is 3. The number of halogens is 1. The fourth-order valence-corrected chi connectivity index (χ4v) is 4.98. The van der Waals surface area contributed by atoms with Gasteiger partial charge in [0.2, 0.25) is 0 Å². The minimum absolute atomic E-state index is 0.297. The van der Waals surface area contributed by atoms with Gasteiger partial charge < -0.3 is 14.3 Å². The first-order valence-electron chi connectivity index (χ1n) is 10.6. The maximum Gasteiger partial charge on any atom is 0.331 e. The first-order chi connectivity index (χ1) is 15.3. The normalized spacial score (nSPS) is 18.8. The number of fused-ring (bicyclic) bond motifs is 3. The first-order valence-corrected chi connectivity index (χ1v) is 11.0. The van der Waals surface area contributed by atoms with Gasteiger partial charge in [-0.1, -0.05) is 29.4 Å². The van der Waals surface area contributed by atoms with Gasteiger partial charge in [0.05, 0.1) is 22.3 Å². The highest BCUT2D eigenvalue weighted by Crippen LogP contribution is 2.38. The second-order valence-corrected chi connectivity index (χ2v) is 8.96. The summed E-state index contributed by atoms with van der Waals surface area (Å²) in [5.74, 6) is 0.646. The van der Waals surface area contributed by atoms with E-state index in [-0.39, 0.29) is 17.3 Å². The molecule has 8 heteroatoms. The van der Waals surface area contributed by atoms with Crippen LogP contribution in [0, 0.1) is 0 Å². The van der Waals surface area contributed by atoms with Gasteiger partial charge in [-0.15, -0.1) is 0 Å². The molecular weight excluding hydrogens is 428 g/mol. The molecule has 0 saturated heterocycles. The van der Waals surface area contributed by atoms with Crippen molar-refractivity contribution in [2.24, 2.45) is 14.1 Å². The predicted molar refractivity (Wildman–Crippen MR) is 126 cm³/mol. The molecule has 0 aromatic carbocycles. The smallest absolute Gasteiger partial charge is 0.331 e. The van der Waals surface area contributed by atoms with Crippen LogP contribution < -0.4 is 16.6 Å². The highest BCUT2D eigenvalue weighted by atomic mass is 35.5. The van der Waals surface area contributed by atoms with Crippen LogP contribution in [0.2, 0.25) is 5.22 Å². The minimum Gasteiger partial charge on any atom is -0.448 e. The van der Waals surface area contributed by atoms with E-state index in [0.29, 0.717) is 35.0 Å². The molecule has 0 fully saturated rings. The molecule has 1 aliphatic heterocycles. The van der Waals surface area contributed by atoms with Gasteiger partial charge in [-0.3, -0.25) is 13.9 Å². The lowest BCUT2D eigenvalue weighted by Gasteiger charge is -2.27. The van der Waals surface area contributed by atoms with Gasteiger partial charge in [0.25, 0.3) is 5.56 Å². The van der Waals surface area contributed by atoms with E-state index in [0.717, 1.165) is 29.0 Å². The molecule has 3 aromatic heterocycles. The van der Waals surface area contributed by atoms with Gasteiger partial charge in [-0.25, -0.2) is 4.79 Å². The second kappa shape index (κ2) is 7.53. The van der Waals surface area contributed by atoms with E-state index in [9.17, 15) is 9.59 Å². The van der Waals surface area contributed by atoms with Crippen molar-refractivity contribution in [3.8, 4) is 0 Å². The van der Waals surface area contributed by atoms with Crippen molar-refractivity contribution in [2.75, 3.05) is 6.54 Å². The van der Waals surface area contributed by atoms with Crippen LogP contribution in [0.1, 0.15) is 43.5 Å². The zero-order valence-corrected chi connectivity index (χ0v) is 19.3. The number of nitrogens with one attached hydrogen (secondary N) is 1. The van der Waals surface area contributed by atoms with E-state index in [1.165, 1.54) is 17.2 Å². The van der Waals surface area contributed by atoms with Gasteiger partial charge >= 0.3 is 5.69 Å². The van der Waals surface area contributed by atoms with Crippen LogP contribution in [0.15, 0.2) is 55.5 Å². The van der Waals surface area contributed by atoms with Crippen molar-refractivity contribution in [3.05, 3.63) is 84.7 Å². The number of nitrogens with zero attached hydrogens (tertiary/aromatic N) is 3. The number of allylic oxidation sites excluding steroid dienone is 6. The Bertz CT molecular complexity index is 1480. The van der Waals surface area contributed by atoms with Crippen LogP contribution in [0.4, 0.5) is 0 Å². The fourth-order valence-electron chi connectivity index (χ4n) is 4.83. The summed E-state index contributed by atoms with van der Waals surface area (Å²) in [6.07, 6.45) is 7.30. The Morgan fingerprint density at radius 3 is 2.62 bits per heavy atom. The zero-order chi connectivity index (χ0) is 22.7. The lowest BCUT2D eigenvalue weighted by Crippen LogP contribution is -2.38. The van der Waals surface area contributed by atoms with E-state index in [1.807, 2.05) is 6.07 Å². The number of hydrogen-bond acceptors (Lipinski definition) is 4. The van der Waals surface area contributed by atoms with Crippen molar-refractivity contribution >= 4 is 28.1 Å². The highest BCUT2D eigenvalue weighted by Gasteiger charge is 2.34.